The molecule has 0 aromatic heterocycles. The summed E-state index contributed by atoms with van der Waals surface area (Å²) in [5.41, 5.74) is 30.6. The number of rotatable bonds is 16. The molecule has 0 bridgehead atoms. The first kappa shape index (κ1) is 84.1. The van der Waals surface area contributed by atoms with E-state index in [0.717, 1.165) is 0 Å². The summed E-state index contributed by atoms with van der Waals surface area (Å²) in [5, 5.41) is 20.1. The first-order valence-corrected chi connectivity index (χ1v) is 48.9. The van der Waals surface area contributed by atoms with Crippen LogP contribution in [0.5, 0.6) is 0 Å². The van der Waals surface area contributed by atoms with Gasteiger partial charge in [-0.05, 0) is 255 Å². The summed E-state index contributed by atoms with van der Waals surface area (Å²) in [6.45, 7) is 0. The van der Waals surface area contributed by atoms with Gasteiger partial charge < -0.3 is 0 Å². The van der Waals surface area contributed by atoms with Crippen LogP contribution in [0.3, 0.4) is 0 Å². The second kappa shape index (κ2) is 36.2. The summed E-state index contributed by atoms with van der Waals surface area (Å²) in [6.07, 6.45) is 5.21. The Bertz CT molecular complexity index is 8190. The molecule has 2 aliphatic carbocycles. The lowest BCUT2D eigenvalue weighted by Gasteiger charge is -2.48. The van der Waals surface area contributed by atoms with Crippen molar-refractivity contribution in [3.63, 3.8) is 0 Å². The third kappa shape index (κ3) is 14.6. The fourth-order valence-electron chi connectivity index (χ4n) is 23.7. The molecule has 0 spiro atoms. The highest BCUT2D eigenvalue weighted by atomic mass is 14.5. The molecule has 0 amide bonds. The van der Waals surface area contributed by atoms with Crippen molar-refractivity contribution < 1.29 is 0 Å². The van der Waals surface area contributed by atoms with Gasteiger partial charge in [-0.3, -0.25) is 0 Å². The minimum Gasteiger partial charge on any atom is -0.0669 e. The van der Waals surface area contributed by atoms with E-state index in [2.05, 4.69) is 570 Å². The van der Waals surface area contributed by atoms with E-state index >= 15 is 0 Å². The normalized spacial score (nSPS) is 15.9. The molecule has 24 aromatic rings. The number of fused-ring (bicyclic) bond motifs is 8. The van der Waals surface area contributed by atoms with Crippen molar-refractivity contribution in [1.29, 1.82) is 0 Å². The zero-order valence-electron chi connectivity index (χ0n) is 77.4. The Hall–Kier alpha value is -17.7. The van der Waals surface area contributed by atoms with Crippen molar-refractivity contribution in [3.05, 3.63) is 637 Å². The first-order valence-electron chi connectivity index (χ1n) is 48.9. The Labute approximate surface area is 817 Å². The van der Waals surface area contributed by atoms with Crippen LogP contribution >= 0.6 is 0 Å². The number of allylic oxidation sites excluding steroid dienone is 8. The monoisotopic (exact) mass is 1780 g/mol. The molecule has 0 saturated carbocycles. The molecule has 140 heavy (non-hydrogen) atoms. The third-order valence-corrected chi connectivity index (χ3v) is 29.8. The smallest absolute Gasteiger partial charge is 0.0566 e. The van der Waals surface area contributed by atoms with Gasteiger partial charge in [0.25, 0.3) is 0 Å². The van der Waals surface area contributed by atoms with Crippen molar-refractivity contribution in [2.45, 2.75) is 22.7 Å². The molecule has 4 unspecified atom stereocenters. The lowest BCUT2D eigenvalue weighted by Crippen LogP contribution is -2.38. The Morgan fingerprint density at radius 2 is 0.314 bits per heavy atom. The molecule has 0 N–H and O–H groups in total. The summed E-state index contributed by atoms with van der Waals surface area (Å²) in [7, 11) is 0. The average Bonchev–Trinajstić information content (AvgIpc) is 0.695. The van der Waals surface area contributed by atoms with Crippen LogP contribution in [-0.4, -0.2) is 0 Å². The lowest BCUT2D eigenvalue weighted by atomic mass is 9.53. The molecule has 0 fully saturated rings. The summed E-state index contributed by atoms with van der Waals surface area (Å²) in [6, 6.07) is 208. The van der Waals surface area contributed by atoms with Crippen molar-refractivity contribution in [2.24, 2.45) is 0 Å². The third-order valence-electron chi connectivity index (χ3n) is 29.8. The quantitative estimate of drug-likeness (QED) is 0.0846. The average molecular weight is 1780 g/mol. The molecule has 0 heteroatoms. The number of hydrogen-bond acceptors (Lipinski definition) is 0. The highest BCUT2D eigenvalue weighted by Gasteiger charge is 2.52. The van der Waals surface area contributed by atoms with Crippen LogP contribution in [0.25, 0.3) is 164 Å². The van der Waals surface area contributed by atoms with Gasteiger partial charge in [0.1, 0.15) is 0 Å². The number of benzene rings is 24. The maximum absolute atomic E-state index is 2.60. The SMILES string of the molecule is C1=C(c2ccc(-c3c4ccccc4cc4ccccc34)cc2)C(c2ccccc2)=C(c2ccccc2)C(c2ccccc2)(c2ccc(-c3c4ccccc4cc4ccccc34)cc2)C1c1ccccc1.C1=C(c2ccc(-c3c4ccccc4cc4ccccc34)cc2)C(c2ccccc2)=C(c2ccccc2)C(c2ccccc2)(c2ccc(-c3c4ccccc4cc4ccccc34)cc2)C1c1ccccc1. The van der Waals surface area contributed by atoms with E-state index in [1.165, 1.54) is 231 Å². The Morgan fingerprint density at radius 3 is 0.550 bits per heavy atom. The largest absolute Gasteiger partial charge is 0.0669 e. The summed E-state index contributed by atoms with van der Waals surface area (Å²) >= 11 is 0. The maximum Gasteiger partial charge on any atom is 0.0566 e. The van der Waals surface area contributed by atoms with Gasteiger partial charge in [0.05, 0.1) is 10.8 Å². The van der Waals surface area contributed by atoms with Gasteiger partial charge in [-0.2, -0.15) is 0 Å². The Kier molecular flexibility index (Phi) is 21.7. The van der Waals surface area contributed by atoms with Gasteiger partial charge in [-0.25, -0.2) is 0 Å². The fourth-order valence-corrected chi connectivity index (χ4v) is 23.7. The van der Waals surface area contributed by atoms with Crippen molar-refractivity contribution in [2.75, 3.05) is 0 Å². The first-order chi connectivity index (χ1) is 69.5. The van der Waals surface area contributed by atoms with Gasteiger partial charge in [-0.1, -0.05) is 546 Å². The van der Waals surface area contributed by atoms with Crippen LogP contribution < -0.4 is 0 Å². The Morgan fingerprint density at radius 1 is 0.136 bits per heavy atom. The molecule has 0 heterocycles. The van der Waals surface area contributed by atoms with Gasteiger partial charge in [-0.15, -0.1) is 0 Å². The molecule has 24 aromatic carbocycles. The topological polar surface area (TPSA) is 0 Å². The van der Waals surface area contributed by atoms with Crippen LogP contribution in [0, 0.1) is 0 Å². The van der Waals surface area contributed by atoms with Crippen molar-refractivity contribution in [1.82, 2.24) is 0 Å². The van der Waals surface area contributed by atoms with Crippen LogP contribution in [-0.2, 0) is 10.8 Å². The highest BCUT2D eigenvalue weighted by molar-refractivity contribution is 6.23. The second-order valence-corrected chi connectivity index (χ2v) is 37.3. The van der Waals surface area contributed by atoms with Crippen molar-refractivity contribution >= 4 is 120 Å². The van der Waals surface area contributed by atoms with Crippen LogP contribution in [0.15, 0.2) is 570 Å². The summed E-state index contributed by atoms with van der Waals surface area (Å²) in [4.78, 5) is 0. The summed E-state index contributed by atoms with van der Waals surface area (Å²) in [5.74, 6) is -0.223. The molecule has 26 rings (SSSR count). The Balaban J connectivity index is 0.000000148. The zero-order valence-corrected chi connectivity index (χ0v) is 77.4. The van der Waals surface area contributed by atoms with E-state index in [1.54, 1.807) is 0 Å². The van der Waals surface area contributed by atoms with E-state index in [-0.39, 0.29) is 11.8 Å². The zero-order chi connectivity index (χ0) is 92.9. The van der Waals surface area contributed by atoms with E-state index in [9.17, 15) is 0 Å². The minimum atomic E-state index is -0.681. The summed E-state index contributed by atoms with van der Waals surface area (Å²) < 4.78 is 0. The van der Waals surface area contributed by atoms with Gasteiger partial charge in [0.2, 0.25) is 0 Å². The molecule has 0 saturated heterocycles. The van der Waals surface area contributed by atoms with E-state index in [4.69, 9.17) is 0 Å². The van der Waals surface area contributed by atoms with E-state index < -0.39 is 10.8 Å². The maximum atomic E-state index is 2.60. The fraction of sp³-hybridized carbons (Fsp3) is 0.0286. The molecular weight excluding hydrogens is 1680 g/mol. The second-order valence-electron chi connectivity index (χ2n) is 37.3. The minimum absolute atomic E-state index is 0.111. The van der Waals surface area contributed by atoms with Gasteiger partial charge in [0.15, 0.2) is 0 Å². The standard InChI is InChI=1S/2C70H48/c2*1-5-21-49(22-6-1)65-47-64(48-37-39-51(40-38-48)66-60-33-17-13-27-54(60)45-55-28-14-18-34-61(55)66)68(50-23-7-2-8-24-50)69(53-25-9-3-10-26-53)70(65,58-31-11-4-12-32-58)59-43-41-52(42-44-59)67-62-35-19-15-29-56(62)46-57-30-16-20-36-63(57)67/h2*1-47,65H. The molecular formula is C140H96. The lowest BCUT2D eigenvalue weighted by molar-refractivity contribution is 0.587. The molecule has 0 aliphatic heterocycles. The van der Waals surface area contributed by atoms with Crippen molar-refractivity contribution in [3.8, 4) is 44.5 Å². The molecule has 4 atom stereocenters. The van der Waals surface area contributed by atoms with E-state index in [1.807, 2.05) is 0 Å². The van der Waals surface area contributed by atoms with Crippen LogP contribution in [0.4, 0.5) is 0 Å². The predicted molar refractivity (Wildman–Crippen MR) is 596 cm³/mol. The molecule has 656 valence electrons. The van der Waals surface area contributed by atoms with Crippen LogP contribution in [0.1, 0.15) is 78.6 Å². The number of hydrogen-bond donors (Lipinski definition) is 0. The highest BCUT2D eigenvalue weighted by Crippen LogP contribution is 2.65. The molecule has 0 radical (unpaired) electrons. The van der Waals surface area contributed by atoms with Crippen LogP contribution in [0.2, 0.25) is 0 Å². The van der Waals surface area contributed by atoms with E-state index in [0.29, 0.717) is 0 Å². The van der Waals surface area contributed by atoms with Gasteiger partial charge >= 0.3 is 0 Å². The predicted octanol–water partition coefficient (Wildman–Crippen LogP) is 36.8. The molecule has 2 aliphatic rings. The van der Waals surface area contributed by atoms with Gasteiger partial charge in [0, 0.05) is 11.8 Å². The molecule has 0 nitrogen and oxygen atoms in total.